The van der Waals surface area contributed by atoms with E-state index in [1.165, 1.54) is 4.90 Å². The molecule has 0 bridgehead atoms. The monoisotopic (exact) mass is 416 g/mol. The third-order valence-corrected chi connectivity index (χ3v) is 5.01. The number of carbonyl (C=O) groups is 3. The summed E-state index contributed by atoms with van der Waals surface area (Å²) in [6, 6.07) is 24.7. The third-order valence-electron chi connectivity index (χ3n) is 5.01. The van der Waals surface area contributed by atoms with Crippen molar-refractivity contribution < 1.29 is 19.1 Å². The molecule has 1 N–H and O–H groups in total. The SMILES string of the molecule is C[C@@H](c1ccccc1)N(C)C(=O)COC(=O)c1ccccc1NC(=O)c1ccccc1. The Morgan fingerprint density at radius 2 is 1.45 bits per heavy atom. The summed E-state index contributed by atoms with van der Waals surface area (Å²) in [6.45, 7) is 1.51. The molecule has 0 aliphatic heterocycles. The normalized spacial score (nSPS) is 11.3. The van der Waals surface area contributed by atoms with E-state index in [0.717, 1.165) is 5.56 Å². The Bertz CT molecular complexity index is 1050. The zero-order valence-corrected chi connectivity index (χ0v) is 17.4. The summed E-state index contributed by atoms with van der Waals surface area (Å²) in [5.74, 6) is -1.35. The quantitative estimate of drug-likeness (QED) is 0.582. The molecule has 3 aromatic carbocycles. The number of hydrogen-bond acceptors (Lipinski definition) is 4. The van der Waals surface area contributed by atoms with Gasteiger partial charge in [0, 0.05) is 12.6 Å². The van der Waals surface area contributed by atoms with Gasteiger partial charge in [-0.3, -0.25) is 9.59 Å². The van der Waals surface area contributed by atoms with Crippen molar-refractivity contribution >= 4 is 23.5 Å². The Morgan fingerprint density at radius 1 is 0.871 bits per heavy atom. The number of amides is 2. The number of carbonyl (C=O) groups excluding carboxylic acids is 3. The average molecular weight is 416 g/mol. The summed E-state index contributed by atoms with van der Waals surface area (Å²) in [4.78, 5) is 39.1. The van der Waals surface area contributed by atoms with Crippen LogP contribution in [-0.4, -0.2) is 36.3 Å². The molecule has 0 aromatic heterocycles. The third kappa shape index (κ3) is 5.57. The fourth-order valence-corrected chi connectivity index (χ4v) is 3.03. The molecule has 0 unspecified atom stereocenters. The second kappa shape index (κ2) is 10.2. The van der Waals surface area contributed by atoms with Crippen LogP contribution in [0.15, 0.2) is 84.9 Å². The molecule has 31 heavy (non-hydrogen) atoms. The minimum absolute atomic E-state index is 0.162. The number of esters is 1. The van der Waals surface area contributed by atoms with Gasteiger partial charge in [0.25, 0.3) is 11.8 Å². The molecule has 3 rings (SSSR count). The highest BCUT2D eigenvalue weighted by Gasteiger charge is 2.20. The van der Waals surface area contributed by atoms with Gasteiger partial charge in [-0.1, -0.05) is 60.7 Å². The number of anilines is 1. The van der Waals surface area contributed by atoms with Gasteiger partial charge >= 0.3 is 5.97 Å². The number of rotatable bonds is 7. The van der Waals surface area contributed by atoms with Crippen LogP contribution in [0.3, 0.4) is 0 Å². The number of nitrogens with one attached hydrogen (secondary N) is 1. The van der Waals surface area contributed by atoms with E-state index >= 15 is 0 Å². The minimum atomic E-state index is -0.682. The number of likely N-dealkylation sites (N-methyl/N-ethyl adjacent to an activating group) is 1. The van der Waals surface area contributed by atoms with Crippen molar-refractivity contribution in [2.24, 2.45) is 0 Å². The van der Waals surface area contributed by atoms with Crippen molar-refractivity contribution in [3.8, 4) is 0 Å². The van der Waals surface area contributed by atoms with Gasteiger partial charge in [0.05, 0.1) is 17.3 Å². The summed E-state index contributed by atoms with van der Waals surface area (Å²) >= 11 is 0. The molecule has 0 aliphatic rings. The first-order valence-corrected chi connectivity index (χ1v) is 9.90. The predicted molar refractivity (Wildman–Crippen MR) is 119 cm³/mol. The van der Waals surface area contributed by atoms with E-state index in [4.69, 9.17) is 4.74 Å². The maximum atomic E-state index is 12.6. The summed E-state index contributed by atoms with van der Waals surface area (Å²) in [5.41, 5.74) is 1.95. The van der Waals surface area contributed by atoms with Gasteiger partial charge in [-0.2, -0.15) is 0 Å². The van der Waals surface area contributed by atoms with E-state index in [0.29, 0.717) is 11.3 Å². The highest BCUT2D eigenvalue weighted by molar-refractivity contribution is 6.08. The van der Waals surface area contributed by atoms with Crippen LogP contribution < -0.4 is 5.32 Å². The molecule has 3 aromatic rings. The Hall–Kier alpha value is -3.93. The maximum Gasteiger partial charge on any atom is 0.340 e. The van der Waals surface area contributed by atoms with E-state index in [1.807, 2.05) is 43.3 Å². The van der Waals surface area contributed by atoms with Crippen LogP contribution in [0, 0.1) is 0 Å². The zero-order chi connectivity index (χ0) is 22.2. The van der Waals surface area contributed by atoms with Crippen LogP contribution in [0.2, 0.25) is 0 Å². The fraction of sp³-hybridized carbons (Fsp3) is 0.160. The van der Waals surface area contributed by atoms with E-state index in [1.54, 1.807) is 55.6 Å². The Kier molecular flexibility index (Phi) is 7.17. The molecule has 0 spiro atoms. The van der Waals surface area contributed by atoms with Crippen LogP contribution in [0.4, 0.5) is 5.69 Å². The van der Waals surface area contributed by atoms with Crippen LogP contribution in [0.5, 0.6) is 0 Å². The van der Waals surface area contributed by atoms with Crippen LogP contribution in [0.25, 0.3) is 0 Å². The summed E-state index contributed by atoms with van der Waals surface area (Å²) in [5, 5.41) is 2.72. The van der Waals surface area contributed by atoms with E-state index in [9.17, 15) is 14.4 Å². The Labute approximate surface area is 181 Å². The molecule has 6 nitrogen and oxygen atoms in total. The fourth-order valence-electron chi connectivity index (χ4n) is 3.03. The standard InChI is InChI=1S/C25H24N2O4/c1-18(19-11-5-3-6-12-19)27(2)23(28)17-31-25(30)21-15-9-10-16-22(21)26-24(29)20-13-7-4-8-14-20/h3-16,18H,17H2,1-2H3,(H,26,29)/t18-/m0/s1. The molecule has 0 fully saturated rings. The number of hydrogen-bond donors (Lipinski definition) is 1. The van der Waals surface area contributed by atoms with Crippen LogP contribution in [-0.2, 0) is 9.53 Å². The molecule has 6 heteroatoms. The maximum absolute atomic E-state index is 12.6. The number of para-hydroxylation sites is 1. The van der Waals surface area contributed by atoms with Crippen molar-refractivity contribution in [1.82, 2.24) is 4.90 Å². The molecule has 0 radical (unpaired) electrons. The highest BCUT2D eigenvalue weighted by Crippen LogP contribution is 2.20. The van der Waals surface area contributed by atoms with E-state index in [-0.39, 0.29) is 23.4 Å². The lowest BCUT2D eigenvalue weighted by atomic mass is 10.1. The van der Waals surface area contributed by atoms with Gasteiger partial charge in [0.15, 0.2) is 6.61 Å². The molecule has 0 heterocycles. The summed E-state index contributed by atoms with van der Waals surface area (Å²) < 4.78 is 5.24. The topological polar surface area (TPSA) is 75.7 Å². The molecule has 0 saturated heterocycles. The summed E-state index contributed by atoms with van der Waals surface area (Å²) in [6.07, 6.45) is 0. The highest BCUT2D eigenvalue weighted by atomic mass is 16.5. The average Bonchev–Trinajstić information content (AvgIpc) is 2.82. The molecule has 2 amide bonds. The zero-order valence-electron chi connectivity index (χ0n) is 17.4. The van der Waals surface area contributed by atoms with Gasteiger partial charge in [0.1, 0.15) is 0 Å². The lowest BCUT2D eigenvalue weighted by molar-refractivity contribution is -0.135. The van der Waals surface area contributed by atoms with Crippen molar-refractivity contribution in [3.63, 3.8) is 0 Å². The number of nitrogens with zero attached hydrogens (tertiary/aromatic N) is 1. The van der Waals surface area contributed by atoms with E-state index < -0.39 is 12.6 Å². The molecule has 0 aliphatic carbocycles. The van der Waals surface area contributed by atoms with Crippen molar-refractivity contribution in [2.45, 2.75) is 13.0 Å². The van der Waals surface area contributed by atoms with Gasteiger partial charge in [0.2, 0.25) is 0 Å². The van der Waals surface area contributed by atoms with E-state index in [2.05, 4.69) is 5.32 Å². The minimum Gasteiger partial charge on any atom is -0.452 e. The molecule has 158 valence electrons. The van der Waals surface area contributed by atoms with Crippen molar-refractivity contribution in [3.05, 3.63) is 102 Å². The molecule has 0 saturated carbocycles. The first kappa shape index (κ1) is 21.8. The van der Waals surface area contributed by atoms with Gasteiger partial charge < -0.3 is 15.0 Å². The lowest BCUT2D eigenvalue weighted by Gasteiger charge is -2.25. The van der Waals surface area contributed by atoms with Crippen LogP contribution >= 0.6 is 0 Å². The second-order valence-corrected chi connectivity index (χ2v) is 7.03. The number of ether oxygens (including phenoxy) is 1. The van der Waals surface area contributed by atoms with Gasteiger partial charge in [-0.25, -0.2) is 4.79 Å². The lowest BCUT2D eigenvalue weighted by Crippen LogP contribution is -2.33. The first-order valence-electron chi connectivity index (χ1n) is 9.90. The summed E-state index contributed by atoms with van der Waals surface area (Å²) in [7, 11) is 1.67. The number of benzene rings is 3. The van der Waals surface area contributed by atoms with Crippen LogP contribution in [0.1, 0.15) is 39.2 Å². The molecule has 1 atom stereocenters. The largest absolute Gasteiger partial charge is 0.452 e. The smallest absolute Gasteiger partial charge is 0.340 e. The Balaban J connectivity index is 1.63. The Morgan fingerprint density at radius 3 is 2.13 bits per heavy atom. The second-order valence-electron chi connectivity index (χ2n) is 7.03. The van der Waals surface area contributed by atoms with Crippen molar-refractivity contribution in [1.29, 1.82) is 0 Å². The van der Waals surface area contributed by atoms with Gasteiger partial charge in [-0.15, -0.1) is 0 Å². The first-order chi connectivity index (χ1) is 15.0. The van der Waals surface area contributed by atoms with Crippen molar-refractivity contribution in [2.75, 3.05) is 19.0 Å². The molecular formula is C25H24N2O4. The molecular weight excluding hydrogens is 392 g/mol. The predicted octanol–water partition coefficient (Wildman–Crippen LogP) is 4.32. The van der Waals surface area contributed by atoms with Gasteiger partial charge in [-0.05, 0) is 36.8 Å².